The Hall–Kier alpha value is -1.50. The molecule has 0 spiro atoms. The minimum absolute atomic E-state index is 0.0331. The zero-order valence-electron chi connectivity index (χ0n) is 11.8. The standard InChI is InChI=1S/C14H17ClF3N3O/c15-11-7-10(14(16,17)18)8-21-12(11)19-5-6-20-13(22)9-3-1-2-4-9/h7-9H,1-6H2,(H,19,21)(H,20,22). The number of nitrogens with zero attached hydrogens (tertiary/aromatic N) is 1. The summed E-state index contributed by atoms with van der Waals surface area (Å²) in [6.07, 6.45) is 0.273. The molecular weight excluding hydrogens is 319 g/mol. The van der Waals surface area contributed by atoms with E-state index in [0.29, 0.717) is 13.1 Å². The first-order chi connectivity index (χ1) is 10.4. The number of hydrogen-bond acceptors (Lipinski definition) is 3. The lowest BCUT2D eigenvalue weighted by Crippen LogP contribution is -2.33. The number of nitrogens with one attached hydrogen (secondary N) is 2. The van der Waals surface area contributed by atoms with Gasteiger partial charge in [0, 0.05) is 25.2 Å². The van der Waals surface area contributed by atoms with E-state index >= 15 is 0 Å². The van der Waals surface area contributed by atoms with Crippen molar-refractivity contribution in [1.82, 2.24) is 10.3 Å². The second-order valence-electron chi connectivity index (χ2n) is 5.25. The quantitative estimate of drug-likeness (QED) is 0.810. The summed E-state index contributed by atoms with van der Waals surface area (Å²) in [6.45, 7) is 0.713. The number of carbonyl (C=O) groups excluding carboxylic acids is 1. The van der Waals surface area contributed by atoms with Gasteiger partial charge in [-0.15, -0.1) is 0 Å². The Morgan fingerprint density at radius 1 is 1.32 bits per heavy atom. The Kier molecular flexibility index (Phi) is 5.50. The summed E-state index contributed by atoms with van der Waals surface area (Å²) in [5, 5.41) is 5.51. The van der Waals surface area contributed by atoms with Crippen LogP contribution in [0.25, 0.3) is 0 Å². The third-order valence-electron chi connectivity index (χ3n) is 3.61. The number of pyridine rings is 1. The van der Waals surface area contributed by atoms with Crippen molar-refractivity contribution in [3.05, 3.63) is 22.8 Å². The predicted octanol–water partition coefficient (Wildman–Crippen LogP) is 3.47. The Labute approximate surface area is 131 Å². The Bertz CT molecular complexity index is 531. The highest BCUT2D eigenvalue weighted by molar-refractivity contribution is 6.32. The van der Waals surface area contributed by atoms with Gasteiger partial charge in [0.15, 0.2) is 0 Å². The Morgan fingerprint density at radius 3 is 2.59 bits per heavy atom. The van der Waals surface area contributed by atoms with Gasteiger partial charge in [0.2, 0.25) is 5.91 Å². The molecule has 0 bridgehead atoms. The zero-order valence-corrected chi connectivity index (χ0v) is 12.6. The molecule has 0 aliphatic heterocycles. The molecule has 4 nitrogen and oxygen atoms in total. The first kappa shape index (κ1) is 16.9. The minimum Gasteiger partial charge on any atom is -0.367 e. The SMILES string of the molecule is O=C(NCCNc1ncc(C(F)(F)F)cc1Cl)C1CCCC1. The second-order valence-corrected chi connectivity index (χ2v) is 5.66. The summed E-state index contributed by atoms with van der Waals surface area (Å²) in [5.74, 6) is 0.295. The number of anilines is 1. The Balaban J connectivity index is 1.78. The van der Waals surface area contributed by atoms with Gasteiger partial charge in [-0.3, -0.25) is 4.79 Å². The Morgan fingerprint density at radius 2 is 2.00 bits per heavy atom. The molecule has 1 heterocycles. The van der Waals surface area contributed by atoms with Gasteiger partial charge < -0.3 is 10.6 Å². The van der Waals surface area contributed by atoms with Crippen LogP contribution >= 0.6 is 11.6 Å². The topological polar surface area (TPSA) is 54.0 Å². The van der Waals surface area contributed by atoms with Crippen LogP contribution in [0.15, 0.2) is 12.3 Å². The van der Waals surface area contributed by atoms with E-state index in [1.54, 1.807) is 0 Å². The van der Waals surface area contributed by atoms with E-state index in [0.717, 1.165) is 37.9 Å². The monoisotopic (exact) mass is 335 g/mol. The second kappa shape index (κ2) is 7.17. The summed E-state index contributed by atoms with van der Waals surface area (Å²) in [7, 11) is 0. The van der Waals surface area contributed by atoms with Gasteiger partial charge in [-0.25, -0.2) is 4.98 Å². The van der Waals surface area contributed by atoms with Crippen LogP contribution < -0.4 is 10.6 Å². The minimum atomic E-state index is -4.47. The van der Waals surface area contributed by atoms with Crippen LogP contribution in [0, 0.1) is 5.92 Å². The lowest BCUT2D eigenvalue weighted by molar-refractivity contribution is -0.137. The maximum absolute atomic E-state index is 12.5. The largest absolute Gasteiger partial charge is 0.417 e. The number of alkyl halides is 3. The highest BCUT2D eigenvalue weighted by Crippen LogP contribution is 2.32. The molecule has 22 heavy (non-hydrogen) atoms. The fourth-order valence-corrected chi connectivity index (χ4v) is 2.66. The zero-order chi connectivity index (χ0) is 16.2. The molecule has 0 radical (unpaired) electrons. The van der Waals surface area contributed by atoms with E-state index in [-0.39, 0.29) is 22.7 Å². The van der Waals surface area contributed by atoms with E-state index in [4.69, 9.17) is 11.6 Å². The number of rotatable bonds is 5. The highest BCUT2D eigenvalue weighted by atomic mass is 35.5. The summed E-state index contributed by atoms with van der Waals surface area (Å²) in [5.41, 5.74) is -0.891. The van der Waals surface area contributed by atoms with Crippen LogP contribution in [0.3, 0.4) is 0 Å². The van der Waals surface area contributed by atoms with Gasteiger partial charge in [-0.05, 0) is 18.9 Å². The van der Waals surface area contributed by atoms with Crippen molar-refractivity contribution in [2.75, 3.05) is 18.4 Å². The van der Waals surface area contributed by atoms with Crippen molar-refractivity contribution in [1.29, 1.82) is 0 Å². The van der Waals surface area contributed by atoms with Gasteiger partial charge in [0.05, 0.1) is 10.6 Å². The summed E-state index contributed by atoms with van der Waals surface area (Å²) in [4.78, 5) is 15.4. The van der Waals surface area contributed by atoms with Crippen molar-refractivity contribution < 1.29 is 18.0 Å². The lowest BCUT2D eigenvalue weighted by Gasteiger charge is -2.12. The van der Waals surface area contributed by atoms with Gasteiger partial charge in [-0.1, -0.05) is 24.4 Å². The van der Waals surface area contributed by atoms with Crippen LogP contribution in [0.1, 0.15) is 31.2 Å². The van der Waals surface area contributed by atoms with Gasteiger partial charge in [0.1, 0.15) is 5.82 Å². The first-order valence-electron chi connectivity index (χ1n) is 7.12. The summed E-state index contributed by atoms with van der Waals surface area (Å²) in [6, 6.07) is 0.827. The maximum Gasteiger partial charge on any atom is 0.417 e. The molecule has 1 aromatic rings. The molecule has 0 unspecified atom stereocenters. The van der Waals surface area contributed by atoms with Crippen LogP contribution in [0.4, 0.5) is 19.0 Å². The fraction of sp³-hybridized carbons (Fsp3) is 0.571. The summed E-state index contributed by atoms with van der Waals surface area (Å²) < 4.78 is 37.4. The molecule has 0 atom stereocenters. The number of halogens is 4. The van der Waals surface area contributed by atoms with Gasteiger partial charge in [-0.2, -0.15) is 13.2 Å². The molecule has 0 aromatic carbocycles. The fourth-order valence-electron chi connectivity index (χ4n) is 2.42. The van der Waals surface area contributed by atoms with Crippen LogP contribution in [-0.4, -0.2) is 24.0 Å². The van der Waals surface area contributed by atoms with Crippen molar-refractivity contribution in [3.63, 3.8) is 0 Å². The molecule has 122 valence electrons. The molecule has 1 fully saturated rings. The third-order valence-corrected chi connectivity index (χ3v) is 3.90. The molecule has 1 aromatic heterocycles. The smallest absolute Gasteiger partial charge is 0.367 e. The number of carbonyl (C=O) groups is 1. The normalized spacial score (nSPS) is 15.8. The maximum atomic E-state index is 12.5. The molecular formula is C14H17ClF3N3O. The van der Waals surface area contributed by atoms with E-state index < -0.39 is 11.7 Å². The first-order valence-corrected chi connectivity index (χ1v) is 7.50. The van der Waals surface area contributed by atoms with Crippen LogP contribution in [0.2, 0.25) is 5.02 Å². The predicted molar refractivity (Wildman–Crippen MR) is 77.7 cm³/mol. The van der Waals surface area contributed by atoms with E-state index in [9.17, 15) is 18.0 Å². The highest BCUT2D eigenvalue weighted by Gasteiger charge is 2.31. The van der Waals surface area contributed by atoms with Crippen molar-refractivity contribution >= 4 is 23.3 Å². The van der Waals surface area contributed by atoms with Crippen molar-refractivity contribution in [2.45, 2.75) is 31.9 Å². The molecule has 2 rings (SSSR count). The van der Waals surface area contributed by atoms with Gasteiger partial charge >= 0.3 is 6.18 Å². The molecule has 8 heteroatoms. The van der Waals surface area contributed by atoms with Crippen LogP contribution in [-0.2, 0) is 11.0 Å². The van der Waals surface area contributed by atoms with Gasteiger partial charge in [0.25, 0.3) is 0 Å². The molecule has 2 N–H and O–H groups in total. The van der Waals surface area contributed by atoms with E-state index in [2.05, 4.69) is 15.6 Å². The lowest BCUT2D eigenvalue weighted by atomic mass is 10.1. The molecule has 1 aliphatic carbocycles. The number of aromatic nitrogens is 1. The van der Waals surface area contributed by atoms with Crippen molar-refractivity contribution in [2.24, 2.45) is 5.92 Å². The summed E-state index contributed by atoms with van der Waals surface area (Å²) >= 11 is 5.77. The number of hydrogen-bond donors (Lipinski definition) is 2. The number of amides is 1. The molecule has 1 saturated carbocycles. The molecule has 0 saturated heterocycles. The molecule has 1 aliphatic rings. The average Bonchev–Trinajstić information content (AvgIpc) is 2.97. The van der Waals surface area contributed by atoms with Crippen LogP contribution in [0.5, 0.6) is 0 Å². The molecule has 1 amide bonds. The third kappa shape index (κ3) is 4.50. The average molecular weight is 336 g/mol. The van der Waals surface area contributed by atoms with E-state index in [1.165, 1.54) is 0 Å². The van der Waals surface area contributed by atoms with Crippen molar-refractivity contribution in [3.8, 4) is 0 Å². The van der Waals surface area contributed by atoms with E-state index in [1.807, 2.05) is 0 Å².